The van der Waals surface area contributed by atoms with Gasteiger partial charge < -0.3 is 10.0 Å². The Balaban J connectivity index is 2.39. The van der Waals surface area contributed by atoms with Gasteiger partial charge in [-0.3, -0.25) is 10.1 Å². The first-order chi connectivity index (χ1) is 8.35. The van der Waals surface area contributed by atoms with Crippen LogP contribution in [0.2, 0.25) is 0 Å². The Labute approximate surface area is 105 Å². The van der Waals surface area contributed by atoms with Crippen molar-refractivity contribution < 1.29 is 10.0 Å². The highest BCUT2D eigenvalue weighted by atomic mass is 16.6. The van der Waals surface area contributed by atoms with Crippen molar-refractivity contribution in [2.24, 2.45) is 0 Å². The van der Waals surface area contributed by atoms with E-state index in [4.69, 9.17) is 0 Å². The first-order valence-corrected chi connectivity index (χ1v) is 6.05. The lowest BCUT2D eigenvalue weighted by atomic mass is 9.97. The SMILES string of the molecule is CCCn1nc(C)c([N+](=O)[O-])c1N1CC(C)(O)C1. The highest BCUT2D eigenvalue weighted by molar-refractivity contribution is 5.63. The predicted octanol–water partition coefficient (Wildman–Crippen LogP) is 1.08. The van der Waals surface area contributed by atoms with Crippen LogP contribution in [0.5, 0.6) is 0 Å². The predicted molar refractivity (Wildman–Crippen MR) is 66.7 cm³/mol. The van der Waals surface area contributed by atoms with E-state index in [9.17, 15) is 15.2 Å². The molecule has 7 nitrogen and oxygen atoms in total. The minimum atomic E-state index is -0.761. The lowest BCUT2D eigenvalue weighted by molar-refractivity contribution is -0.384. The zero-order valence-electron chi connectivity index (χ0n) is 10.9. The zero-order chi connectivity index (χ0) is 13.5. The van der Waals surface area contributed by atoms with Crippen LogP contribution in [0.3, 0.4) is 0 Å². The minimum absolute atomic E-state index is 0.0546. The van der Waals surface area contributed by atoms with Gasteiger partial charge in [0.05, 0.1) is 10.5 Å². The van der Waals surface area contributed by atoms with Gasteiger partial charge in [-0.05, 0) is 20.3 Å². The van der Waals surface area contributed by atoms with E-state index in [1.165, 1.54) is 0 Å². The van der Waals surface area contributed by atoms with Crippen LogP contribution in [0, 0.1) is 17.0 Å². The highest BCUT2D eigenvalue weighted by Crippen LogP contribution is 2.36. The molecule has 1 fully saturated rings. The van der Waals surface area contributed by atoms with Gasteiger partial charge in [-0.15, -0.1) is 0 Å². The van der Waals surface area contributed by atoms with Gasteiger partial charge in [0.25, 0.3) is 0 Å². The van der Waals surface area contributed by atoms with Crippen molar-refractivity contribution in [1.29, 1.82) is 0 Å². The molecule has 2 heterocycles. The van der Waals surface area contributed by atoms with Crippen molar-refractivity contribution in [3.8, 4) is 0 Å². The summed E-state index contributed by atoms with van der Waals surface area (Å²) in [7, 11) is 0. The smallest absolute Gasteiger partial charge is 0.333 e. The first kappa shape index (κ1) is 12.8. The fourth-order valence-corrected chi connectivity index (χ4v) is 2.38. The molecule has 0 spiro atoms. The van der Waals surface area contributed by atoms with Crippen LogP contribution in [0.25, 0.3) is 0 Å². The molecule has 0 unspecified atom stereocenters. The van der Waals surface area contributed by atoms with Crippen molar-refractivity contribution >= 4 is 11.5 Å². The van der Waals surface area contributed by atoms with Gasteiger partial charge in [-0.25, -0.2) is 4.68 Å². The number of nitrogens with zero attached hydrogens (tertiary/aromatic N) is 4. The van der Waals surface area contributed by atoms with Gasteiger partial charge in [-0.2, -0.15) is 5.10 Å². The summed E-state index contributed by atoms with van der Waals surface area (Å²) in [4.78, 5) is 12.6. The highest BCUT2D eigenvalue weighted by Gasteiger charge is 2.42. The maximum Gasteiger partial charge on any atom is 0.333 e. The van der Waals surface area contributed by atoms with Crippen LogP contribution in [-0.2, 0) is 6.54 Å². The van der Waals surface area contributed by atoms with E-state index in [1.54, 1.807) is 18.5 Å². The second-order valence-electron chi connectivity index (χ2n) is 5.09. The molecule has 0 aromatic carbocycles. The minimum Gasteiger partial charge on any atom is -0.386 e. The number of β-amino-alcohol motifs (C(OH)–C–C–N with tert-alkyl or cyclic N) is 1. The third-order valence-corrected chi connectivity index (χ3v) is 3.05. The quantitative estimate of drug-likeness (QED) is 0.642. The normalized spacial score (nSPS) is 17.7. The maximum atomic E-state index is 11.1. The Kier molecular flexibility index (Phi) is 3.02. The van der Waals surface area contributed by atoms with Gasteiger partial charge in [0.15, 0.2) is 0 Å². The van der Waals surface area contributed by atoms with Crippen molar-refractivity contribution in [3.63, 3.8) is 0 Å². The van der Waals surface area contributed by atoms with E-state index >= 15 is 0 Å². The van der Waals surface area contributed by atoms with Crippen molar-refractivity contribution in [1.82, 2.24) is 9.78 Å². The molecule has 1 aliphatic heterocycles. The fourth-order valence-electron chi connectivity index (χ4n) is 2.38. The average Bonchev–Trinajstić information content (AvgIpc) is 2.51. The molecule has 100 valence electrons. The molecule has 18 heavy (non-hydrogen) atoms. The van der Waals surface area contributed by atoms with E-state index in [0.29, 0.717) is 31.1 Å². The van der Waals surface area contributed by atoms with Gasteiger partial charge >= 0.3 is 5.69 Å². The average molecular weight is 254 g/mol. The van der Waals surface area contributed by atoms with Crippen LogP contribution in [-0.4, -0.2) is 38.5 Å². The molecule has 0 saturated carbocycles. The lowest BCUT2D eigenvalue weighted by Crippen LogP contribution is -2.60. The number of aliphatic hydroxyl groups is 1. The van der Waals surface area contributed by atoms with Gasteiger partial charge in [-0.1, -0.05) is 6.92 Å². The van der Waals surface area contributed by atoms with Crippen LogP contribution >= 0.6 is 0 Å². The second-order valence-corrected chi connectivity index (χ2v) is 5.09. The monoisotopic (exact) mass is 254 g/mol. The van der Waals surface area contributed by atoms with Crippen molar-refractivity contribution in [2.45, 2.75) is 39.3 Å². The number of hydrogen-bond donors (Lipinski definition) is 1. The Bertz CT molecular complexity index is 473. The van der Waals surface area contributed by atoms with Crippen LogP contribution in [0.1, 0.15) is 26.0 Å². The molecule has 1 saturated heterocycles. The Morgan fingerprint density at radius 1 is 1.56 bits per heavy atom. The first-order valence-electron chi connectivity index (χ1n) is 6.05. The van der Waals surface area contributed by atoms with E-state index in [2.05, 4.69) is 5.10 Å². The Morgan fingerprint density at radius 2 is 2.17 bits per heavy atom. The number of aromatic nitrogens is 2. The topological polar surface area (TPSA) is 84.4 Å². The standard InChI is InChI=1S/C11H18N4O3/c1-4-5-14-10(13-6-11(3,16)7-13)9(15(17)18)8(2)12-14/h16H,4-7H2,1-3H3. The van der Waals surface area contributed by atoms with Gasteiger partial charge in [0.2, 0.25) is 5.82 Å². The molecular weight excluding hydrogens is 236 g/mol. The Hall–Kier alpha value is -1.63. The summed E-state index contributed by atoms with van der Waals surface area (Å²) in [6.45, 7) is 6.82. The summed E-state index contributed by atoms with van der Waals surface area (Å²) in [5.41, 5.74) is -0.280. The molecule has 1 aliphatic rings. The maximum absolute atomic E-state index is 11.1. The lowest BCUT2D eigenvalue weighted by Gasteiger charge is -2.44. The van der Waals surface area contributed by atoms with Gasteiger partial charge in [0.1, 0.15) is 5.69 Å². The van der Waals surface area contributed by atoms with Crippen molar-refractivity contribution in [3.05, 3.63) is 15.8 Å². The third-order valence-electron chi connectivity index (χ3n) is 3.05. The molecule has 1 N–H and O–H groups in total. The molecule has 1 aromatic heterocycles. The van der Waals surface area contributed by atoms with Crippen LogP contribution in [0.4, 0.5) is 11.5 Å². The number of nitro groups is 1. The van der Waals surface area contributed by atoms with Crippen LogP contribution < -0.4 is 4.90 Å². The summed E-state index contributed by atoms with van der Waals surface area (Å²) in [5, 5.41) is 25.1. The molecule has 1 aromatic rings. The molecule has 0 aliphatic carbocycles. The molecule has 0 atom stereocenters. The third kappa shape index (κ3) is 2.05. The van der Waals surface area contributed by atoms with E-state index < -0.39 is 10.5 Å². The van der Waals surface area contributed by atoms with E-state index in [-0.39, 0.29) is 5.69 Å². The summed E-state index contributed by atoms with van der Waals surface area (Å²) in [5.74, 6) is 0.519. The molecular formula is C11H18N4O3. The molecule has 7 heteroatoms. The summed E-state index contributed by atoms with van der Waals surface area (Å²) < 4.78 is 1.67. The van der Waals surface area contributed by atoms with E-state index in [0.717, 1.165) is 6.42 Å². The zero-order valence-corrected chi connectivity index (χ0v) is 10.9. The number of anilines is 1. The molecule has 0 amide bonds. The Morgan fingerprint density at radius 3 is 2.61 bits per heavy atom. The summed E-state index contributed by atoms with van der Waals surface area (Å²) in [6, 6.07) is 0. The largest absolute Gasteiger partial charge is 0.386 e. The molecule has 0 radical (unpaired) electrons. The summed E-state index contributed by atoms with van der Waals surface area (Å²) in [6.07, 6.45) is 0.857. The number of rotatable bonds is 4. The fraction of sp³-hybridized carbons (Fsp3) is 0.727. The molecule has 2 rings (SSSR count). The molecule has 0 bridgehead atoms. The number of hydrogen-bond acceptors (Lipinski definition) is 5. The summed E-state index contributed by atoms with van der Waals surface area (Å²) >= 11 is 0. The van der Waals surface area contributed by atoms with Crippen molar-refractivity contribution in [2.75, 3.05) is 18.0 Å². The van der Waals surface area contributed by atoms with Crippen LogP contribution in [0.15, 0.2) is 0 Å². The van der Waals surface area contributed by atoms with E-state index in [1.807, 2.05) is 11.8 Å². The second kappa shape index (κ2) is 4.24. The van der Waals surface area contributed by atoms with Gasteiger partial charge in [0, 0.05) is 19.6 Å². The number of aryl methyl sites for hydroxylation is 2.